The Bertz CT molecular complexity index is 532. The molecule has 4 heteroatoms. The molecule has 0 saturated carbocycles. The molecular weight excluding hydrogens is 252 g/mol. The second-order valence-electron chi connectivity index (χ2n) is 6.82. The van der Waals surface area contributed by atoms with Crippen molar-refractivity contribution in [2.75, 3.05) is 5.32 Å². The quantitative estimate of drug-likeness (QED) is 0.920. The fraction of sp³-hybridized carbons (Fsp3) is 0.688. The third-order valence-electron chi connectivity index (χ3n) is 3.86. The van der Waals surface area contributed by atoms with E-state index in [0.29, 0.717) is 0 Å². The van der Waals surface area contributed by atoms with Crippen LogP contribution in [0.3, 0.4) is 0 Å². The van der Waals surface area contributed by atoms with Crippen LogP contribution >= 0.6 is 0 Å². The summed E-state index contributed by atoms with van der Waals surface area (Å²) in [5.41, 5.74) is 0.714. The molecule has 2 heterocycles. The lowest BCUT2D eigenvalue weighted by molar-refractivity contribution is -0.0662. The highest BCUT2D eigenvalue weighted by molar-refractivity contribution is 5.42. The first kappa shape index (κ1) is 15.1. The Balaban J connectivity index is 2.18. The first-order chi connectivity index (χ1) is 9.23. The third kappa shape index (κ3) is 3.23. The summed E-state index contributed by atoms with van der Waals surface area (Å²) < 4.78 is 7.85. The van der Waals surface area contributed by atoms with Gasteiger partial charge in [-0.05, 0) is 46.6 Å². The predicted octanol–water partition coefficient (Wildman–Crippen LogP) is 3.02. The van der Waals surface area contributed by atoms with Crippen molar-refractivity contribution in [2.45, 2.75) is 71.2 Å². The van der Waals surface area contributed by atoms with Gasteiger partial charge in [0.1, 0.15) is 0 Å². The molecule has 1 atom stereocenters. The smallest absolute Gasteiger partial charge is 0.250 e. The van der Waals surface area contributed by atoms with Crippen LogP contribution in [-0.2, 0) is 11.3 Å². The summed E-state index contributed by atoms with van der Waals surface area (Å²) >= 11 is 0. The van der Waals surface area contributed by atoms with Crippen LogP contribution in [0.1, 0.15) is 47.5 Å². The second-order valence-corrected chi connectivity index (χ2v) is 6.82. The fourth-order valence-electron chi connectivity index (χ4n) is 3.02. The first-order valence-electron chi connectivity index (χ1n) is 7.41. The van der Waals surface area contributed by atoms with Crippen LogP contribution in [0, 0.1) is 0 Å². The molecule has 112 valence electrons. The van der Waals surface area contributed by atoms with E-state index in [0.717, 1.165) is 25.1 Å². The van der Waals surface area contributed by atoms with Gasteiger partial charge in [-0.2, -0.15) is 0 Å². The number of hydrogen-bond donors (Lipinski definition) is 1. The minimum absolute atomic E-state index is 0.0552. The zero-order valence-corrected chi connectivity index (χ0v) is 13.2. The number of aromatic nitrogens is 1. The first-order valence-corrected chi connectivity index (χ1v) is 7.41. The summed E-state index contributed by atoms with van der Waals surface area (Å²) in [6.07, 6.45) is 3.81. The lowest BCUT2D eigenvalue weighted by atomic mass is 9.94. The van der Waals surface area contributed by atoms with E-state index in [4.69, 9.17) is 4.74 Å². The van der Waals surface area contributed by atoms with E-state index in [1.807, 2.05) is 12.3 Å². The van der Waals surface area contributed by atoms with Gasteiger partial charge in [0.25, 0.3) is 5.56 Å². The summed E-state index contributed by atoms with van der Waals surface area (Å²) in [5.74, 6) is 0. The van der Waals surface area contributed by atoms with E-state index in [9.17, 15) is 4.79 Å². The average molecular weight is 278 g/mol. The van der Waals surface area contributed by atoms with Gasteiger partial charge in [-0.1, -0.05) is 6.92 Å². The van der Waals surface area contributed by atoms with Crippen LogP contribution in [0.15, 0.2) is 23.1 Å². The molecule has 1 aliphatic heterocycles. The molecule has 4 nitrogen and oxygen atoms in total. The van der Waals surface area contributed by atoms with Crippen molar-refractivity contribution in [1.82, 2.24) is 4.57 Å². The number of pyridine rings is 1. The maximum Gasteiger partial charge on any atom is 0.250 e. The van der Waals surface area contributed by atoms with Gasteiger partial charge in [-0.3, -0.25) is 4.79 Å². The van der Waals surface area contributed by atoms with Gasteiger partial charge in [-0.25, -0.2) is 0 Å². The van der Waals surface area contributed by atoms with Crippen molar-refractivity contribution in [3.8, 4) is 0 Å². The highest BCUT2D eigenvalue weighted by Gasteiger charge is 2.45. The van der Waals surface area contributed by atoms with Crippen molar-refractivity contribution < 1.29 is 4.74 Å². The minimum Gasteiger partial charge on any atom is -0.378 e. The second kappa shape index (κ2) is 5.24. The van der Waals surface area contributed by atoms with Crippen molar-refractivity contribution in [3.05, 3.63) is 28.7 Å². The molecule has 1 saturated heterocycles. The highest BCUT2D eigenvalue weighted by atomic mass is 16.5. The standard InChI is InChI=1S/C16H26N2O2/c1-6-9-18-11-12(7-8-14(18)19)17-13-10-15(2,3)20-16(13,4)5/h7-8,11,13,17H,6,9-10H2,1-5H3. The Morgan fingerprint density at radius 2 is 2.05 bits per heavy atom. The van der Waals surface area contributed by atoms with Crippen molar-refractivity contribution in [2.24, 2.45) is 0 Å². The number of ether oxygens (including phenoxy) is 1. The molecule has 0 aromatic carbocycles. The van der Waals surface area contributed by atoms with E-state index in [-0.39, 0.29) is 22.8 Å². The van der Waals surface area contributed by atoms with Gasteiger partial charge < -0.3 is 14.6 Å². The van der Waals surface area contributed by atoms with E-state index in [2.05, 4.69) is 39.9 Å². The zero-order valence-electron chi connectivity index (χ0n) is 13.2. The molecule has 1 aliphatic rings. The number of anilines is 1. The van der Waals surface area contributed by atoms with E-state index < -0.39 is 0 Å². The van der Waals surface area contributed by atoms with Gasteiger partial charge in [0, 0.05) is 18.8 Å². The topological polar surface area (TPSA) is 43.3 Å². The Labute approximate surface area is 121 Å². The number of nitrogens with one attached hydrogen (secondary N) is 1. The Kier molecular flexibility index (Phi) is 3.96. The molecule has 2 rings (SSSR count). The maximum absolute atomic E-state index is 11.7. The molecule has 20 heavy (non-hydrogen) atoms. The van der Waals surface area contributed by atoms with Gasteiger partial charge in [0.15, 0.2) is 0 Å². The lowest BCUT2D eigenvalue weighted by Gasteiger charge is -2.28. The summed E-state index contributed by atoms with van der Waals surface area (Å²) in [6.45, 7) is 11.3. The summed E-state index contributed by atoms with van der Waals surface area (Å²) in [5, 5.41) is 3.53. The minimum atomic E-state index is -0.213. The van der Waals surface area contributed by atoms with Crippen molar-refractivity contribution in [3.63, 3.8) is 0 Å². The SMILES string of the molecule is CCCn1cc(NC2CC(C)(C)OC2(C)C)ccc1=O. The van der Waals surface area contributed by atoms with Gasteiger partial charge in [0.05, 0.1) is 22.9 Å². The number of aryl methyl sites for hydroxylation is 1. The zero-order chi connectivity index (χ0) is 15.0. The van der Waals surface area contributed by atoms with Crippen LogP contribution in [0.2, 0.25) is 0 Å². The Morgan fingerprint density at radius 3 is 2.60 bits per heavy atom. The summed E-state index contributed by atoms with van der Waals surface area (Å²) in [4.78, 5) is 11.7. The van der Waals surface area contributed by atoms with Gasteiger partial charge in [-0.15, -0.1) is 0 Å². The average Bonchev–Trinajstić information content (AvgIpc) is 2.51. The van der Waals surface area contributed by atoms with Gasteiger partial charge in [0.2, 0.25) is 0 Å². The molecule has 1 unspecified atom stereocenters. The molecule has 1 aromatic rings. The van der Waals surface area contributed by atoms with Crippen LogP contribution in [0.4, 0.5) is 5.69 Å². The summed E-state index contributed by atoms with van der Waals surface area (Å²) in [7, 11) is 0. The molecule has 0 radical (unpaired) electrons. The van der Waals surface area contributed by atoms with Crippen LogP contribution in [-0.4, -0.2) is 21.8 Å². The van der Waals surface area contributed by atoms with E-state index >= 15 is 0 Å². The molecule has 1 fully saturated rings. The molecular formula is C16H26N2O2. The molecule has 0 amide bonds. The third-order valence-corrected chi connectivity index (χ3v) is 3.86. The number of hydrogen-bond acceptors (Lipinski definition) is 3. The predicted molar refractivity (Wildman–Crippen MR) is 82.3 cm³/mol. The van der Waals surface area contributed by atoms with Crippen molar-refractivity contribution >= 4 is 5.69 Å². The van der Waals surface area contributed by atoms with E-state index in [1.165, 1.54) is 0 Å². The Morgan fingerprint density at radius 1 is 1.35 bits per heavy atom. The van der Waals surface area contributed by atoms with Crippen LogP contribution in [0.25, 0.3) is 0 Å². The van der Waals surface area contributed by atoms with E-state index in [1.54, 1.807) is 10.6 Å². The molecule has 1 N–H and O–H groups in total. The van der Waals surface area contributed by atoms with Gasteiger partial charge >= 0.3 is 0 Å². The monoisotopic (exact) mass is 278 g/mol. The fourth-order valence-corrected chi connectivity index (χ4v) is 3.02. The molecule has 0 spiro atoms. The molecule has 0 aliphatic carbocycles. The molecule has 0 bridgehead atoms. The highest BCUT2D eigenvalue weighted by Crippen LogP contribution is 2.38. The maximum atomic E-state index is 11.7. The van der Waals surface area contributed by atoms with Crippen LogP contribution in [0.5, 0.6) is 0 Å². The normalized spacial score (nSPS) is 23.8. The van der Waals surface area contributed by atoms with Crippen molar-refractivity contribution in [1.29, 1.82) is 0 Å². The largest absolute Gasteiger partial charge is 0.378 e. The lowest BCUT2D eigenvalue weighted by Crippen LogP contribution is -2.38. The van der Waals surface area contributed by atoms with Crippen LogP contribution < -0.4 is 10.9 Å². The summed E-state index contributed by atoms with van der Waals surface area (Å²) in [6, 6.07) is 3.73. The number of nitrogens with zero attached hydrogens (tertiary/aromatic N) is 1. The molecule has 1 aromatic heterocycles. The Hall–Kier alpha value is -1.29. The number of rotatable bonds is 4.